The predicted octanol–water partition coefficient (Wildman–Crippen LogP) is 10.1. The summed E-state index contributed by atoms with van der Waals surface area (Å²) in [5.41, 5.74) is 9.96. The van der Waals surface area contributed by atoms with Gasteiger partial charge >= 0.3 is 0 Å². The molecule has 34 heavy (non-hydrogen) atoms. The third-order valence-corrected chi connectivity index (χ3v) is 7.90. The van der Waals surface area contributed by atoms with Gasteiger partial charge < -0.3 is 0 Å². The van der Waals surface area contributed by atoms with Gasteiger partial charge in [0.2, 0.25) is 0 Å². The highest BCUT2D eigenvalue weighted by atomic mass is 79.9. The summed E-state index contributed by atoms with van der Waals surface area (Å²) in [6, 6.07) is 41.4. The van der Waals surface area contributed by atoms with Crippen LogP contribution in [0, 0.1) is 0 Å². The average molecular weight is 517 g/mol. The molecule has 0 spiro atoms. The van der Waals surface area contributed by atoms with Crippen LogP contribution in [0.5, 0.6) is 0 Å². The van der Waals surface area contributed by atoms with Crippen molar-refractivity contribution in [2.24, 2.45) is 0 Å². The van der Waals surface area contributed by atoms with Gasteiger partial charge in [-0.1, -0.05) is 125 Å². The van der Waals surface area contributed by atoms with Crippen LogP contribution in [-0.4, -0.2) is 0 Å². The zero-order valence-corrected chi connectivity index (χ0v) is 20.8. The fourth-order valence-electron chi connectivity index (χ4n) is 4.42. The number of hydrogen-bond donors (Lipinski definition) is 0. The molecule has 1 aliphatic heterocycles. The van der Waals surface area contributed by atoms with E-state index in [-0.39, 0.29) is 0 Å². The second kappa shape index (κ2) is 9.13. The van der Waals surface area contributed by atoms with Gasteiger partial charge in [-0.3, -0.25) is 0 Å². The van der Waals surface area contributed by atoms with Crippen molar-refractivity contribution in [3.8, 4) is 33.4 Å². The highest BCUT2D eigenvalue weighted by Gasteiger charge is 2.14. The van der Waals surface area contributed by atoms with Gasteiger partial charge in [0.05, 0.1) is 0 Å². The van der Waals surface area contributed by atoms with Gasteiger partial charge in [-0.05, 0) is 74.8 Å². The van der Waals surface area contributed by atoms with Crippen LogP contribution in [0.2, 0.25) is 0 Å². The summed E-state index contributed by atoms with van der Waals surface area (Å²) < 4.78 is 1.10. The van der Waals surface area contributed by atoms with Crippen molar-refractivity contribution >= 4 is 39.8 Å². The maximum Gasteiger partial charge on any atom is 0.0201 e. The first-order valence-electron chi connectivity index (χ1n) is 11.3. The number of benzene rings is 5. The molecule has 1 aliphatic rings. The third kappa shape index (κ3) is 4.16. The van der Waals surface area contributed by atoms with Gasteiger partial charge in [0.15, 0.2) is 0 Å². The molecule has 0 nitrogen and oxygen atoms in total. The summed E-state index contributed by atoms with van der Waals surface area (Å²) in [5, 5.41) is 0. The standard InChI is InChI=1S/C32H21BrS/c33-28-18-15-23(16-19-28)22-11-13-24(14-12-22)26-6-3-7-27(21-26)29-8-4-10-32-30(29)20-17-25-5-1-2-9-31(25)34-32/h1-21H. The van der Waals surface area contributed by atoms with Gasteiger partial charge in [-0.15, -0.1) is 0 Å². The molecule has 0 atom stereocenters. The topological polar surface area (TPSA) is 0 Å². The zero-order chi connectivity index (χ0) is 22.9. The molecule has 0 unspecified atom stereocenters. The number of halogens is 1. The summed E-state index contributed by atoms with van der Waals surface area (Å²) in [6.45, 7) is 0. The van der Waals surface area contributed by atoms with Crippen molar-refractivity contribution in [2.75, 3.05) is 0 Å². The van der Waals surface area contributed by atoms with Crippen LogP contribution >= 0.6 is 27.7 Å². The Morgan fingerprint density at radius 2 is 1.09 bits per heavy atom. The van der Waals surface area contributed by atoms with Crippen LogP contribution in [0.4, 0.5) is 0 Å². The Bertz CT molecular complexity index is 1510. The van der Waals surface area contributed by atoms with Gasteiger partial charge in [0.1, 0.15) is 0 Å². The van der Waals surface area contributed by atoms with E-state index in [2.05, 4.69) is 143 Å². The average Bonchev–Trinajstić information content (AvgIpc) is 3.09. The van der Waals surface area contributed by atoms with Gasteiger partial charge in [-0.2, -0.15) is 0 Å². The Balaban J connectivity index is 1.36. The maximum absolute atomic E-state index is 3.52. The second-order valence-corrected chi connectivity index (χ2v) is 10.4. The number of fused-ring (bicyclic) bond motifs is 2. The molecule has 5 aromatic carbocycles. The van der Waals surface area contributed by atoms with Crippen molar-refractivity contribution < 1.29 is 0 Å². The van der Waals surface area contributed by atoms with Crippen LogP contribution in [-0.2, 0) is 0 Å². The van der Waals surface area contributed by atoms with Crippen LogP contribution in [0.25, 0.3) is 45.5 Å². The molecular weight excluding hydrogens is 496 g/mol. The summed E-state index contributed by atoms with van der Waals surface area (Å²) >= 11 is 5.36. The van der Waals surface area contributed by atoms with Crippen molar-refractivity contribution in [2.45, 2.75) is 9.79 Å². The minimum absolute atomic E-state index is 1.10. The minimum atomic E-state index is 1.10. The number of rotatable bonds is 3. The summed E-state index contributed by atoms with van der Waals surface area (Å²) in [5.74, 6) is 0. The highest BCUT2D eigenvalue weighted by molar-refractivity contribution is 9.10. The zero-order valence-electron chi connectivity index (χ0n) is 18.4. The first kappa shape index (κ1) is 21.2. The molecule has 0 bridgehead atoms. The third-order valence-electron chi connectivity index (χ3n) is 6.20. The molecule has 0 fully saturated rings. The smallest absolute Gasteiger partial charge is 0.0201 e. The van der Waals surface area contributed by atoms with E-state index in [4.69, 9.17) is 0 Å². The summed E-state index contributed by atoms with van der Waals surface area (Å²) in [7, 11) is 0. The van der Waals surface area contributed by atoms with Crippen LogP contribution in [0.3, 0.4) is 0 Å². The van der Waals surface area contributed by atoms with Crippen molar-refractivity contribution in [1.82, 2.24) is 0 Å². The molecule has 0 radical (unpaired) electrons. The molecule has 1 heterocycles. The minimum Gasteiger partial charge on any atom is -0.0888 e. The lowest BCUT2D eigenvalue weighted by molar-refractivity contribution is 1.39. The fourth-order valence-corrected chi connectivity index (χ4v) is 5.76. The van der Waals surface area contributed by atoms with E-state index in [1.807, 2.05) is 11.8 Å². The lowest BCUT2D eigenvalue weighted by Crippen LogP contribution is -1.87. The van der Waals surface area contributed by atoms with Crippen LogP contribution in [0.1, 0.15) is 11.1 Å². The van der Waals surface area contributed by atoms with E-state index >= 15 is 0 Å². The molecule has 6 rings (SSSR count). The molecule has 5 aromatic rings. The van der Waals surface area contributed by atoms with Crippen molar-refractivity contribution in [1.29, 1.82) is 0 Å². The second-order valence-electron chi connectivity index (χ2n) is 8.36. The molecule has 162 valence electrons. The van der Waals surface area contributed by atoms with Crippen LogP contribution < -0.4 is 0 Å². The van der Waals surface area contributed by atoms with Gasteiger partial charge in [0, 0.05) is 14.3 Å². The Labute approximate surface area is 213 Å². The van der Waals surface area contributed by atoms with Gasteiger partial charge in [-0.25, -0.2) is 0 Å². The normalized spacial score (nSPS) is 12.0. The van der Waals surface area contributed by atoms with Gasteiger partial charge in [0.25, 0.3) is 0 Å². The van der Waals surface area contributed by atoms with Crippen molar-refractivity contribution in [3.05, 3.63) is 131 Å². The Kier molecular flexibility index (Phi) is 5.70. The van der Waals surface area contributed by atoms with E-state index in [1.165, 1.54) is 54.3 Å². The van der Waals surface area contributed by atoms with E-state index < -0.39 is 0 Å². The Morgan fingerprint density at radius 3 is 1.88 bits per heavy atom. The molecule has 0 amide bonds. The molecule has 0 aromatic heterocycles. The van der Waals surface area contributed by atoms with E-state index in [1.54, 1.807) is 0 Å². The summed E-state index contributed by atoms with van der Waals surface area (Å²) in [4.78, 5) is 2.59. The molecule has 2 heteroatoms. The first-order valence-corrected chi connectivity index (χ1v) is 12.9. The van der Waals surface area contributed by atoms with Crippen molar-refractivity contribution in [3.63, 3.8) is 0 Å². The first-order chi connectivity index (χ1) is 16.7. The van der Waals surface area contributed by atoms with Crippen LogP contribution in [0.15, 0.2) is 130 Å². The lowest BCUT2D eigenvalue weighted by Gasteiger charge is -2.12. The molecule has 0 N–H and O–H groups in total. The monoisotopic (exact) mass is 516 g/mol. The molecule has 0 aliphatic carbocycles. The Hall–Kier alpha value is -3.33. The van der Waals surface area contributed by atoms with E-state index in [0.717, 1.165) is 4.47 Å². The molecule has 0 saturated carbocycles. The SMILES string of the molecule is Brc1ccc(-c2ccc(-c3cccc(-c4cccc5c4C=Cc4ccccc4S5)c3)cc2)cc1. The highest BCUT2D eigenvalue weighted by Crippen LogP contribution is 2.41. The quantitative estimate of drug-likeness (QED) is 0.225. The van der Waals surface area contributed by atoms with E-state index in [9.17, 15) is 0 Å². The molecule has 0 saturated heterocycles. The summed E-state index contributed by atoms with van der Waals surface area (Å²) in [6.07, 6.45) is 4.51. The number of hydrogen-bond acceptors (Lipinski definition) is 1. The van der Waals surface area contributed by atoms with E-state index in [0.29, 0.717) is 0 Å². The lowest BCUT2D eigenvalue weighted by atomic mass is 9.94. The maximum atomic E-state index is 3.52. The predicted molar refractivity (Wildman–Crippen MR) is 150 cm³/mol. The molecular formula is C32H21BrS. The fraction of sp³-hybridized carbons (Fsp3) is 0. The Morgan fingerprint density at radius 1 is 0.471 bits per heavy atom. The largest absolute Gasteiger partial charge is 0.0888 e.